The zero-order valence-corrected chi connectivity index (χ0v) is 16.2. The van der Waals surface area contributed by atoms with Gasteiger partial charge in [0.15, 0.2) is 0 Å². The van der Waals surface area contributed by atoms with Gasteiger partial charge in [0.1, 0.15) is 5.82 Å². The number of nitrogens with zero attached hydrogens (tertiary/aromatic N) is 4. The van der Waals surface area contributed by atoms with Crippen LogP contribution >= 0.6 is 0 Å². The number of benzene rings is 1. The summed E-state index contributed by atoms with van der Waals surface area (Å²) in [5.41, 5.74) is 1.77. The molecule has 0 radical (unpaired) electrons. The van der Waals surface area contributed by atoms with Crippen LogP contribution in [0.1, 0.15) is 26.1 Å². The van der Waals surface area contributed by atoms with Crippen molar-refractivity contribution >= 4 is 22.8 Å². The summed E-state index contributed by atoms with van der Waals surface area (Å²) in [6.45, 7) is 6.91. The van der Waals surface area contributed by atoms with Gasteiger partial charge in [-0.05, 0) is 24.5 Å². The largest absolute Gasteiger partial charge is 0.347 e. The fourth-order valence-electron chi connectivity index (χ4n) is 4.81. The first-order valence-corrected chi connectivity index (χ1v) is 9.55. The molecule has 0 aliphatic carbocycles. The fraction of sp³-hybridized carbons (Fsp3) is 0.550. The van der Waals surface area contributed by atoms with Crippen LogP contribution in [0.2, 0.25) is 0 Å². The van der Waals surface area contributed by atoms with Crippen molar-refractivity contribution < 1.29 is 9.59 Å². The van der Waals surface area contributed by atoms with Crippen LogP contribution in [0.4, 0.5) is 0 Å². The summed E-state index contributed by atoms with van der Waals surface area (Å²) in [4.78, 5) is 32.9. The van der Waals surface area contributed by atoms with Crippen molar-refractivity contribution in [1.82, 2.24) is 24.7 Å². The summed E-state index contributed by atoms with van der Waals surface area (Å²) in [6.07, 6.45) is 0.916. The van der Waals surface area contributed by atoms with Crippen LogP contribution < -0.4 is 5.32 Å². The molecular formula is C20H27N5O2. The summed E-state index contributed by atoms with van der Waals surface area (Å²) < 4.78 is 2.14. The zero-order valence-electron chi connectivity index (χ0n) is 16.2. The number of carbonyl (C=O) groups is 2. The Hall–Kier alpha value is -2.41. The molecule has 2 aliphatic rings. The number of aromatic nitrogens is 2. The Morgan fingerprint density at radius 1 is 1.26 bits per heavy atom. The van der Waals surface area contributed by atoms with Crippen molar-refractivity contribution in [3.05, 3.63) is 30.1 Å². The lowest BCUT2D eigenvalue weighted by atomic mass is 9.81. The third-order valence-corrected chi connectivity index (χ3v) is 6.10. The summed E-state index contributed by atoms with van der Waals surface area (Å²) in [5.74, 6) is 1.42. The van der Waals surface area contributed by atoms with Crippen LogP contribution in [0.3, 0.4) is 0 Å². The average Bonchev–Trinajstić information content (AvgIpc) is 3.11. The molecule has 3 heterocycles. The number of carbonyl (C=O) groups excluding carboxylic acids is 2. The van der Waals surface area contributed by atoms with E-state index in [9.17, 15) is 9.59 Å². The number of nitrogens with one attached hydrogen (secondary N) is 1. The van der Waals surface area contributed by atoms with Crippen molar-refractivity contribution in [2.45, 2.75) is 32.4 Å². The van der Waals surface area contributed by atoms with E-state index in [1.54, 1.807) is 13.8 Å². The molecule has 2 amide bonds. The molecule has 2 aromatic rings. The number of hydrogen-bond acceptors (Lipinski definition) is 4. The molecule has 2 atom stereocenters. The lowest BCUT2D eigenvalue weighted by Crippen LogP contribution is -2.64. The predicted octanol–water partition coefficient (Wildman–Crippen LogP) is 1.13. The molecule has 2 aliphatic heterocycles. The SMILES string of the molecule is CC(=O)N[C@]12CN(Cc3nc4ccccc4n3C)C[C@H]1CCN(C(C)=O)C2. The molecule has 0 bridgehead atoms. The van der Waals surface area contributed by atoms with Gasteiger partial charge in [0.2, 0.25) is 11.8 Å². The van der Waals surface area contributed by atoms with Crippen LogP contribution in [0.15, 0.2) is 24.3 Å². The zero-order chi connectivity index (χ0) is 19.2. The lowest BCUT2D eigenvalue weighted by Gasteiger charge is -2.44. The second-order valence-corrected chi connectivity index (χ2v) is 8.01. The Morgan fingerprint density at radius 3 is 2.74 bits per heavy atom. The maximum Gasteiger partial charge on any atom is 0.219 e. The molecule has 1 N–H and O–H groups in total. The Balaban J connectivity index is 1.58. The number of amides is 2. The van der Waals surface area contributed by atoms with E-state index in [1.807, 2.05) is 23.1 Å². The van der Waals surface area contributed by atoms with E-state index >= 15 is 0 Å². The highest BCUT2D eigenvalue weighted by atomic mass is 16.2. The number of hydrogen-bond donors (Lipinski definition) is 1. The van der Waals surface area contributed by atoms with E-state index in [-0.39, 0.29) is 17.4 Å². The highest BCUT2D eigenvalue weighted by Crippen LogP contribution is 2.36. The number of likely N-dealkylation sites (tertiary alicyclic amines) is 2. The van der Waals surface area contributed by atoms with Gasteiger partial charge >= 0.3 is 0 Å². The Morgan fingerprint density at radius 2 is 2.04 bits per heavy atom. The van der Waals surface area contributed by atoms with Gasteiger partial charge in [-0.15, -0.1) is 0 Å². The van der Waals surface area contributed by atoms with E-state index in [0.29, 0.717) is 12.5 Å². The predicted molar refractivity (Wildman–Crippen MR) is 103 cm³/mol. The van der Waals surface area contributed by atoms with Gasteiger partial charge in [0.05, 0.1) is 23.1 Å². The highest BCUT2D eigenvalue weighted by Gasteiger charge is 2.50. The number of rotatable bonds is 3. The van der Waals surface area contributed by atoms with Gasteiger partial charge in [-0.3, -0.25) is 14.5 Å². The minimum atomic E-state index is -0.361. The molecule has 7 heteroatoms. The van der Waals surface area contributed by atoms with Gasteiger partial charge < -0.3 is 14.8 Å². The molecule has 2 saturated heterocycles. The van der Waals surface area contributed by atoms with Gasteiger partial charge in [-0.1, -0.05) is 12.1 Å². The van der Waals surface area contributed by atoms with Crippen molar-refractivity contribution in [1.29, 1.82) is 0 Å². The maximum atomic E-state index is 11.9. The van der Waals surface area contributed by atoms with Crippen LogP contribution in [0.25, 0.3) is 11.0 Å². The molecule has 1 aromatic carbocycles. The van der Waals surface area contributed by atoms with Crippen LogP contribution in [-0.4, -0.2) is 62.9 Å². The lowest BCUT2D eigenvalue weighted by molar-refractivity contribution is -0.133. The van der Waals surface area contributed by atoms with Crippen LogP contribution in [0, 0.1) is 5.92 Å². The Bertz CT molecular complexity index is 892. The monoisotopic (exact) mass is 369 g/mol. The summed E-state index contributed by atoms with van der Waals surface area (Å²) in [7, 11) is 2.05. The third-order valence-electron chi connectivity index (χ3n) is 6.10. The number of piperidine rings is 1. The molecule has 27 heavy (non-hydrogen) atoms. The third kappa shape index (κ3) is 3.20. The normalized spacial score (nSPS) is 25.6. The molecule has 0 saturated carbocycles. The van der Waals surface area contributed by atoms with Crippen molar-refractivity contribution in [2.75, 3.05) is 26.2 Å². The number of aryl methyl sites for hydroxylation is 1. The van der Waals surface area contributed by atoms with E-state index in [0.717, 1.165) is 49.5 Å². The summed E-state index contributed by atoms with van der Waals surface area (Å²) in [5, 5.41) is 3.20. The van der Waals surface area contributed by atoms with Crippen molar-refractivity contribution in [3.8, 4) is 0 Å². The second-order valence-electron chi connectivity index (χ2n) is 8.01. The average molecular weight is 369 g/mol. The Labute approximate surface area is 159 Å². The highest BCUT2D eigenvalue weighted by molar-refractivity contribution is 5.76. The summed E-state index contributed by atoms with van der Waals surface area (Å²) >= 11 is 0. The van der Waals surface area contributed by atoms with Crippen LogP contribution in [-0.2, 0) is 23.2 Å². The number of para-hydroxylation sites is 2. The fourth-order valence-corrected chi connectivity index (χ4v) is 4.81. The quantitative estimate of drug-likeness (QED) is 0.881. The molecule has 1 aromatic heterocycles. The minimum absolute atomic E-state index is 0.0324. The first-order chi connectivity index (χ1) is 12.9. The van der Waals surface area contributed by atoms with E-state index < -0.39 is 0 Å². The maximum absolute atomic E-state index is 11.9. The molecule has 0 unspecified atom stereocenters. The number of fused-ring (bicyclic) bond motifs is 2. The standard InChI is InChI=1S/C20H27N5O2/c1-14(26)22-20-12-24(10-16(20)8-9-25(13-20)15(2)27)11-19-21-17-6-4-5-7-18(17)23(19)3/h4-7,16H,8-13H2,1-3H3,(H,22,26)/t16-,20+/m1/s1. The topological polar surface area (TPSA) is 70.5 Å². The van der Waals surface area contributed by atoms with Crippen molar-refractivity contribution in [2.24, 2.45) is 13.0 Å². The first kappa shape index (κ1) is 18.0. The van der Waals surface area contributed by atoms with E-state index in [4.69, 9.17) is 4.98 Å². The Kier molecular flexibility index (Phi) is 4.42. The van der Waals surface area contributed by atoms with Crippen LogP contribution in [0.5, 0.6) is 0 Å². The van der Waals surface area contributed by atoms with Gasteiger partial charge in [0, 0.05) is 47.1 Å². The molecule has 7 nitrogen and oxygen atoms in total. The molecule has 144 valence electrons. The molecule has 2 fully saturated rings. The molecular weight excluding hydrogens is 342 g/mol. The molecule has 0 spiro atoms. The number of imidazole rings is 1. The smallest absolute Gasteiger partial charge is 0.219 e. The summed E-state index contributed by atoms with van der Waals surface area (Å²) in [6, 6.07) is 8.15. The van der Waals surface area contributed by atoms with Crippen molar-refractivity contribution in [3.63, 3.8) is 0 Å². The van der Waals surface area contributed by atoms with Gasteiger partial charge in [-0.25, -0.2) is 4.98 Å². The first-order valence-electron chi connectivity index (χ1n) is 9.55. The van der Waals surface area contributed by atoms with E-state index in [2.05, 4.69) is 27.9 Å². The molecule has 4 rings (SSSR count). The second kappa shape index (κ2) is 6.64. The van der Waals surface area contributed by atoms with E-state index in [1.165, 1.54) is 0 Å². The van der Waals surface area contributed by atoms with Gasteiger partial charge in [0.25, 0.3) is 0 Å². The minimum Gasteiger partial charge on any atom is -0.347 e. The van der Waals surface area contributed by atoms with Gasteiger partial charge in [-0.2, -0.15) is 0 Å².